The topological polar surface area (TPSA) is 72.0 Å². The molecule has 2 aromatic rings. The van der Waals surface area contributed by atoms with Crippen molar-refractivity contribution in [1.82, 2.24) is 15.1 Å². The van der Waals surface area contributed by atoms with Crippen LogP contribution >= 0.6 is 0 Å². The molecular formula is C10H11N3O2. The Hall–Kier alpha value is -1.75. The lowest BCUT2D eigenvalue weighted by Crippen LogP contribution is -2.05. The normalized spacial score (nSPS) is 12.7. The molecule has 0 amide bonds. The van der Waals surface area contributed by atoms with E-state index in [0.717, 1.165) is 0 Å². The molecule has 0 aliphatic rings. The van der Waals surface area contributed by atoms with Gasteiger partial charge < -0.3 is 9.63 Å². The first-order valence-corrected chi connectivity index (χ1v) is 4.68. The van der Waals surface area contributed by atoms with Crippen LogP contribution in [0.5, 0.6) is 0 Å². The maximum Gasteiger partial charge on any atom is 0.276 e. The predicted octanol–water partition coefficient (Wildman–Crippen LogP) is 1.05. The molecule has 0 aliphatic carbocycles. The van der Waals surface area contributed by atoms with Crippen molar-refractivity contribution in [1.29, 1.82) is 0 Å². The van der Waals surface area contributed by atoms with Crippen molar-refractivity contribution in [3.8, 4) is 11.6 Å². The van der Waals surface area contributed by atoms with Gasteiger partial charge in [-0.15, -0.1) is 0 Å². The summed E-state index contributed by atoms with van der Waals surface area (Å²) >= 11 is 0. The minimum absolute atomic E-state index is 0.381. The highest BCUT2D eigenvalue weighted by Crippen LogP contribution is 2.13. The summed E-state index contributed by atoms with van der Waals surface area (Å²) < 4.78 is 5.02. The van der Waals surface area contributed by atoms with Crippen molar-refractivity contribution < 1.29 is 9.63 Å². The third-order valence-electron chi connectivity index (χ3n) is 1.83. The Morgan fingerprint density at radius 3 is 3.00 bits per heavy atom. The van der Waals surface area contributed by atoms with Crippen molar-refractivity contribution in [2.24, 2.45) is 0 Å². The maximum absolute atomic E-state index is 9.15. The molecule has 0 radical (unpaired) electrons. The minimum atomic E-state index is -0.473. The number of hydrogen-bond donors (Lipinski definition) is 1. The summed E-state index contributed by atoms with van der Waals surface area (Å²) in [6.45, 7) is 1.68. The van der Waals surface area contributed by atoms with Gasteiger partial charge in [0.1, 0.15) is 5.69 Å². The fraction of sp³-hybridized carbons (Fsp3) is 0.300. The van der Waals surface area contributed by atoms with E-state index in [1.807, 2.05) is 12.1 Å². The van der Waals surface area contributed by atoms with E-state index in [1.54, 1.807) is 19.2 Å². The third kappa shape index (κ3) is 2.38. The summed E-state index contributed by atoms with van der Waals surface area (Å²) in [6, 6.07) is 5.46. The SMILES string of the molecule is CC(O)Cc1noc(-c2ccccn2)n1. The third-order valence-corrected chi connectivity index (χ3v) is 1.83. The van der Waals surface area contributed by atoms with Crippen molar-refractivity contribution in [2.45, 2.75) is 19.4 Å². The predicted molar refractivity (Wildman–Crippen MR) is 52.9 cm³/mol. The highest BCUT2D eigenvalue weighted by atomic mass is 16.5. The van der Waals surface area contributed by atoms with Crippen LogP contribution in [-0.4, -0.2) is 26.3 Å². The van der Waals surface area contributed by atoms with Gasteiger partial charge >= 0.3 is 0 Å². The molecule has 78 valence electrons. The first kappa shape index (κ1) is 9.79. The fourth-order valence-electron chi connectivity index (χ4n) is 1.19. The molecule has 5 nitrogen and oxygen atoms in total. The van der Waals surface area contributed by atoms with E-state index in [-0.39, 0.29) is 0 Å². The molecule has 1 atom stereocenters. The van der Waals surface area contributed by atoms with E-state index >= 15 is 0 Å². The molecule has 0 fully saturated rings. The fourth-order valence-corrected chi connectivity index (χ4v) is 1.19. The second-order valence-electron chi connectivity index (χ2n) is 3.28. The van der Waals surface area contributed by atoms with Gasteiger partial charge in [-0.25, -0.2) is 0 Å². The molecule has 0 bridgehead atoms. The van der Waals surface area contributed by atoms with E-state index in [4.69, 9.17) is 9.63 Å². The Kier molecular flexibility index (Phi) is 2.73. The minimum Gasteiger partial charge on any atom is -0.393 e. The van der Waals surface area contributed by atoms with Crippen LogP contribution in [0.25, 0.3) is 11.6 Å². The Bertz CT molecular complexity index is 425. The molecule has 0 aromatic carbocycles. The van der Waals surface area contributed by atoms with Gasteiger partial charge in [-0.3, -0.25) is 4.98 Å². The largest absolute Gasteiger partial charge is 0.393 e. The molecule has 0 saturated heterocycles. The first-order valence-electron chi connectivity index (χ1n) is 4.68. The van der Waals surface area contributed by atoms with Crippen LogP contribution in [0.2, 0.25) is 0 Å². The monoisotopic (exact) mass is 205 g/mol. The Balaban J connectivity index is 2.21. The van der Waals surface area contributed by atoms with Crippen LogP contribution in [0.4, 0.5) is 0 Å². The number of hydrogen-bond acceptors (Lipinski definition) is 5. The molecule has 2 aromatic heterocycles. The lowest BCUT2D eigenvalue weighted by Gasteiger charge is -1.95. The van der Waals surface area contributed by atoms with Crippen molar-refractivity contribution in [3.05, 3.63) is 30.2 Å². The van der Waals surface area contributed by atoms with E-state index < -0.39 is 6.10 Å². The van der Waals surface area contributed by atoms with Gasteiger partial charge in [-0.1, -0.05) is 11.2 Å². The summed E-state index contributed by atoms with van der Waals surface area (Å²) in [5, 5.41) is 12.9. The second-order valence-corrected chi connectivity index (χ2v) is 3.28. The van der Waals surface area contributed by atoms with Gasteiger partial charge in [-0.05, 0) is 19.1 Å². The quantitative estimate of drug-likeness (QED) is 0.811. The first-order chi connectivity index (χ1) is 7.25. The highest BCUT2D eigenvalue weighted by molar-refractivity contribution is 5.45. The molecule has 1 N–H and O–H groups in total. The van der Waals surface area contributed by atoms with Crippen LogP contribution in [0.3, 0.4) is 0 Å². The Morgan fingerprint density at radius 2 is 2.33 bits per heavy atom. The molecular weight excluding hydrogens is 194 g/mol. The summed E-state index contributed by atoms with van der Waals surface area (Å²) in [5.74, 6) is 0.872. The number of pyridine rings is 1. The van der Waals surface area contributed by atoms with Gasteiger partial charge in [0, 0.05) is 12.6 Å². The van der Waals surface area contributed by atoms with Gasteiger partial charge in [-0.2, -0.15) is 4.98 Å². The number of rotatable bonds is 3. The van der Waals surface area contributed by atoms with Crippen LogP contribution < -0.4 is 0 Å². The van der Waals surface area contributed by atoms with E-state index in [0.29, 0.717) is 23.8 Å². The Morgan fingerprint density at radius 1 is 1.47 bits per heavy atom. The number of nitrogens with zero attached hydrogens (tertiary/aromatic N) is 3. The highest BCUT2D eigenvalue weighted by Gasteiger charge is 2.10. The average molecular weight is 205 g/mol. The summed E-state index contributed by atoms with van der Waals surface area (Å²) in [5.41, 5.74) is 0.641. The summed E-state index contributed by atoms with van der Waals surface area (Å²) in [6.07, 6.45) is 1.57. The van der Waals surface area contributed by atoms with Crippen molar-refractivity contribution in [2.75, 3.05) is 0 Å². The van der Waals surface area contributed by atoms with E-state index in [9.17, 15) is 0 Å². The zero-order chi connectivity index (χ0) is 10.7. The standard InChI is InChI=1S/C10H11N3O2/c1-7(14)6-9-12-10(15-13-9)8-4-2-3-5-11-8/h2-5,7,14H,6H2,1H3. The smallest absolute Gasteiger partial charge is 0.276 e. The van der Waals surface area contributed by atoms with Crippen LogP contribution in [0.1, 0.15) is 12.7 Å². The van der Waals surface area contributed by atoms with Crippen LogP contribution in [-0.2, 0) is 6.42 Å². The van der Waals surface area contributed by atoms with E-state index in [1.165, 1.54) is 0 Å². The summed E-state index contributed by atoms with van der Waals surface area (Å²) in [4.78, 5) is 8.20. The zero-order valence-corrected chi connectivity index (χ0v) is 8.29. The van der Waals surface area contributed by atoms with Crippen LogP contribution in [0, 0.1) is 0 Å². The maximum atomic E-state index is 9.15. The number of aliphatic hydroxyl groups excluding tert-OH is 1. The summed E-state index contributed by atoms with van der Waals surface area (Å²) in [7, 11) is 0. The van der Waals surface area contributed by atoms with Gasteiger partial charge in [0.25, 0.3) is 5.89 Å². The number of aliphatic hydroxyl groups is 1. The van der Waals surface area contributed by atoms with Crippen molar-refractivity contribution in [3.63, 3.8) is 0 Å². The molecule has 0 aliphatic heterocycles. The van der Waals surface area contributed by atoms with Gasteiger partial charge in [0.2, 0.25) is 0 Å². The average Bonchev–Trinajstić information content (AvgIpc) is 2.67. The molecule has 2 heterocycles. The van der Waals surface area contributed by atoms with Crippen molar-refractivity contribution >= 4 is 0 Å². The second kappa shape index (κ2) is 4.18. The molecule has 0 spiro atoms. The zero-order valence-electron chi connectivity index (χ0n) is 8.29. The van der Waals surface area contributed by atoms with Crippen LogP contribution in [0.15, 0.2) is 28.9 Å². The molecule has 5 heteroatoms. The van der Waals surface area contributed by atoms with Gasteiger partial charge in [0.15, 0.2) is 5.82 Å². The van der Waals surface area contributed by atoms with E-state index in [2.05, 4.69) is 15.1 Å². The van der Waals surface area contributed by atoms with Gasteiger partial charge in [0.05, 0.1) is 6.10 Å². The molecule has 1 unspecified atom stereocenters. The molecule has 15 heavy (non-hydrogen) atoms. The molecule has 2 rings (SSSR count). The Labute approximate surface area is 86.8 Å². The number of aromatic nitrogens is 3. The lowest BCUT2D eigenvalue weighted by molar-refractivity contribution is 0.191. The molecule has 0 saturated carbocycles. The lowest BCUT2D eigenvalue weighted by atomic mass is 10.3.